The molecular weight excluding hydrogens is 356 g/mol. The van der Waals surface area contributed by atoms with Gasteiger partial charge in [-0.05, 0) is 63.3 Å². The Bertz CT molecular complexity index is 771. The number of carbonyl (C=O) groups is 1. The summed E-state index contributed by atoms with van der Waals surface area (Å²) in [6, 6.07) is 9.01. The quantitative estimate of drug-likeness (QED) is 0.704. The molecule has 150 valence electrons. The predicted molar refractivity (Wildman–Crippen MR) is 107 cm³/mol. The van der Waals surface area contributed by atoms with Gasteiger partial charge >= 0.3 is 0 Å². The third-order valence-electron chi connectivity index (χ3n) is 4.65. The topological polar surface area (TPSA) is 69.7 Å². The van der Waals surface area contributed by atoms with Gasteiger partial charge in [0.2, 0.25) is 5.88 Å². The molecule has 1 aliphatic rings. The molecule has 1 heterocycles. The highest BCUT2D eigenvalue weighted by atomic mass is 16.5. The van der Waals surface area contributed by atoms with E-state index < -0.39 is 0 Å². The number of aromatic nitrogens is 1. The molecule has 6 heteroatoms. The maximum absolute atomic E-state index is 12.5. The number of hydrogen-bond donors (Lipinski definition) is 1. The minimum atomic E-state index is -0.171. The maximum Gasteiger partial charge on any atom is 0.251 e. The van der Waals surface area contributed by atoms with Crippen molar-refractivity contribution in [2.45, 2.75) is 52.2 Å². The largest absolute Gasteiger partial charge is 0.490 e. The van der Waals surface area contributed by atoms with Crippen molar-refractivity contribution in [2.75, 3.05) is 13.2 Å². The van der Waals surface area contributed by atoms with E-state index >= 15 is 0 Å². The number of pyridine rings is 1. The standard InChI is InChI=1S/C22H28N2O4/c1-3-26-19-11-10-17(13-20(19)27-4-2)22(25)24-15-16-9-12-21(23-14-16)28-18-7-5-6-8-18/h9-14,18H,3-8,15H2,1-2H3,(H,24,25). The Morgan fingerprint density at radius 1 is 1.07 bits per heavy atom. The van der Waals surface area contributed by atoms with Crippen molar-refractivity contribution in [1.82, 2.24) is 10.3 Å². The highest BCUT2D eigenvalue weighted by Crippen LogP contribution is 2.28. The Kier molecular flexibility index (Phi) is 7.12. The molecule has 0 bridgehead atoms. The first-order valence-corrected chi connectivity index (χ1v) is 9.99. The monoisotopic (exact) mass is 384 g/mol. The first kappa shape index (κ1) is 20.0. The number of amides is 1. The van der Waals surface area contributed by atoms with Gasteiger partial charge in [0.1, 0.15) is 6.10 Å². The summed E-state index contributed by atoms with van der Waals surface area (Å²) in [7, 11) is 0. The lowest BCUT2D eigenvalue weighted by Crippen LogP contribution is -2.23. The molecule has 1 N–H and O–H groups in total. The van der Waals surface area contributed by atoms with Crippen molar-refractivity contribution in [3.8, 4) is 17.4 Å². The molecule has 0 aliphatic heterocycles. The van der Waals surface area contributed by atoms with Gasteiger partial charge in [-0.25, -0.2) is 4.98 Å². The smallest absolute Gasteiger partial charge is 0.251 e. The fourth-order valence-corrected chi connectivity index (χ4v) is 3.24. The van der Waals surface area contributed by atoms with Crippen molar-refractivity contribution in [1.29, 1.82) is 0 Å². The van der Waals surface area contributed by atoms with E-state index in [1.54, 1.807) is 24.4 Å². The molecule has 1 aromatic heterocycles. The van der Waals surface area contributed by atoms with E-state index in [1.807, 2.05) is 26.0 Å². The van der Waals surface area contributed by atoms with Crippen LogP contribution in [0, 0.1) is 0 Å². The van der Waals surface area contributed by atoms with Crippen molar-refractivity contribution in [2.24, 2.45) is 0 Å². The third-order valence-corrected chi connectivity index (χ3v) is 4.65. The Morgan fingerprint density at radius 2 is 1.82 bits per heavy atom. The van der Waals surface area contributed by atoms with Gasteiger partial charge < -0.3 is 19.5 Å². The molecule has 1 aromatic carbocycles. The van der Waals surface area contributed by atoms with Crippen LogP contribution in [-0.4, -0.2) is 30.2 Å². The molecule has 6 nitrogen and oxygen atoms in total. The molecule has 0 saturated heterocycles. The number of nitrogens with one attached hydrogen (secondary N) is 1. The molecule has 2 aromatic rings. The maximum atomic E-state index is 12.5. The molecule has 0 radical (unpaired) electrons. The fraction of sp³-hybridized carbons (Fsp3) is 0.455. The van der Waals surface area contributed by atoms with Crippen molar-refractivity contribution in [3.05, 3.63) is 47.7 Å². The summed E-state index contributed by atoms with van der Waals surface area (Å²) >= 11 is 0. The Balaban J connectivity index is 1.56. The van der Waals surface area contributed by atoms with Crippen molar-refractivity contribution >= 4 is 5.91 Å². The Morgan fingerprint density at radius 3 is 2.50 bits per heavy atom. The minimum Gasteiger partial charge on any atom is -0.490 e. The molecule has 0 spiro atoms. The highest BCUT2D eigenvalue weighted by molar-refractivity contribution is 5.94. The van der Waals surface area contributed by atoms with E-state index in [-0.39, 0.29) is 12.0 Å². The van der Waals surface area contributed by atoms with Gasteiger partial charge in [0.05, 0.1) is 13.2 Å². The molecule has 3 rings (SSSR count). The van der Waals surface area contributed by atoms with E-state index in [4.69, 9.17) is 14.2 Å². The van der Waals surface area contributed by atoms with Crippen LogP contribution in [0.25, 0.3) is 0 Å². The highest BCUT2D eigenvalue weighted by Gasteiger charge is 2.17. The van der Waals surface area contributed by atoms with Crippen molar-refractivity contribution < 1.29 is 19.0 Å². The Labute approximate surface area is 166 Å². The van der Waals surface area contributed by atoms with Crippen LogP contribution in [-0.2, 0) is 6.54 Å². The van der Waals surface area contributed by atoms with Crippen LogP contribution in [0.4, 0.5) is 0 Å². The Hall–Kier alpha value is -2.76. The number of hydrogen-bond acceptors (Lipinski definition) is 5. The zero-order valence-electron chi connectivity index (χ0n) is 16.6. The molecule has 1 fully saturated rings. The zero-order chi connectivity index (χ0) is 19.8. The van der Waals surface area contributed by atoms with Crippen LogP contribution < -0.4 is 19.5 Å². The van der Waals surface area contributed by atoms with E-state index in [9.17, 15) is 4.79 Å². The minimum absolute atomic E-state index is 0.171. The lowest BCUT2D eigenvalue weighted by Gasteiger charge is -2.13. The summed E-state index contributed by atoms with van der Waals surface area (Å²) in [5.41, 5.74) is 1.45. The molecule has 0 atom stereocenters. The van der Waals surface area contributed by atoms with Gasteiger partial charge in [0, 0.05) is 24.4 Å². The van der Waals surface area contributed by atoms with Gasteiger partial charge in [-0.1, -0.05) is 6.07 Å². The third kappa shape index (κ3) is 5.38. The van der Waals surface area contributed by atoms with Gasteiger partial charge in [0.25, 0.3) is 5.91 Å². The predicted octanol–water partition coefficient (Wildman–Crippen LogP) is 4.13. The first-order valence-electron chi connectivity index (χ1n) is 9.99. The average molecular weight is 384 g/mol. The lowest BCUT2D eigenvalue weighted by atomic mass is 10.2. The van der Waals surface area contributed by atoms with E-state index in [0.717, 1.165) is 18.4 Å². The van der Waals surface area contributed by atoms with Gasteiger partial charge in [-0.3, -0.25) is 4.79 Å². The summed E-state index contributed by atoms with van der Waals surface area (Å²) in [6.45, 7) is 5.25. The molecule has 28 heavy (non-hydrogen) atoms. The molecule has 1 aliphatic carbocycles. The zero-order valence-corrected chi connectivity index (χ0v) is 16.6. The summed E-state index contributed by atoms with van der Waals surface area (Å²) in [5.74, 6) is 1.69. The second kappa shape index (κ2) is 9.97. The van der Waals surface area contributed by atoms with E-state index in [0.29, 0.717) is 42.7 Å². The van der Waals surface area contributed by atoms with E-state index in [2.05, 4.69) is 10.3 Å². The molecule has 1 amide bonds. The van der Waals surface area contributed by atoms with Gasteiger partial charge in [0.15, 0.2) is 11.5 Å². The summed E-state index contributed by atoms with van der Waals surface area (Å²) in [4.78, 5) is 16.8. The fourth-order valence-electron chi connectivity index (χ4n) is 3.24. The first-order chi connectivity index (χ1) is 13.7. The van der Waals surface area contributed by atoms with Crippen LogP contribution in [0.3, 0.4) is 0 Å². The second-order valence-electron chi connectivity index (χ2n) is 6.74. The van der Waals surface area contributed by atoms with Crippen molar-refractivity contribution in [3.63, 3.8) is 0 Å². The number of benzene rings is 1. The van der Waals surface area contributed by atoms with Crippen LogP contribution in [0.2, 0.25) is 0 Å². The molecule has 0 unspecified atom stereocenters. The lowest BCUT2D eigenvalue weighted by molar-refractivity contribution is 0.0950. The van der Waals surface area contributed by atoms with Crippen LogP contribution in [0.15, 0.2) is 36.5 Å². The van der Waals surface area contributed by atoms with Crippen LogP contribution >= 0.6 is 0 Å². The van der Waals surface area contributed by atoms with Crippen LogP contribution in [0.1, 0.15) is 55.5 Å². The van der Waals surface area contributed by atoms with E-state index in [1.165, 1.54) is 12.8 Å². The molecule has 1 saturated carbocycles. The summed E-state index contributed by atoms with van der Waals surface area (Å²) in [6.07, 6.45) is 6.69. The number of rotatable bonds is 9. The number of ether oxygens (including phenoxy) is 3. The average Bonchev–Trinajstić information content (AvgIpc) is 3.22. The summed E-state index contributed by atoms with van der Waals surface area (Å²) in [5, 5.41) is 2.91. The van der Waals surface area contributed by atoms with Gasteiger partial charge in [-0.2, -0.15) is 0 Å². The summed E-state index contributed by atoms with van der Waals surface area (Å²) < 4.78 is 17.0. The SMILES string of the molecule is CCOc1ccc(C(=O)NCc2ccc(OC3CCCC3)nc2)cc1OCC. The number of nitrogens with zero attached hydrogens (tertiary/aromatic N) is 1. The number of carbonyl (C=O) groups excluding carboxylic acids is 1. The molecular formula is C22H28N2O4. The van der Waals surface area contributed by atoms with Gasteiger partial charge in [-0.15, -0.1) is 0 Å². The second-order valence-corrected chi connectivity index (χ2v) is 6.74. The normalized spacial score (nSPS) is 13.9. The van der Waals surface area contributed by atoms with Crippen LogP contribution in [0.5, 0.6) is 17.4 Å².